The highest BCUT2D eigenvalue weighted by Crippen LogP contribution is 2.27. The molecule has 2 nitrogen and oxygen atoms in total. The van der Waals surface area contributed by atoms with E-state index in [1.54, 1.807) is 19.2 Å². The predicted molar refractivity (Wildman–Crippen MR) is 67.9 cm³/mol. The fourth-order valence-corrected chi connectivity index (χ4v) is 1.91. The first-order valence-corrected chi connectivity index (χ1v) is 5.92. The van der Waals surface area contributed by atoms with Crippen molar-refractivity contribution in [3.05, 3.63) is 51.9 Å². The van der Waals surface area contributed by atoms with E-state index in [0.717, 1.165) is 15.6 Å². The molecular weight excluding hydrogens is 285 g/mol. The zero-order chi connectivity index (χ0) is 12.4. The number of benzene rings is 1. The number of aryl methyl sites for hydroxylation is 2. The van der Waals surface area contributed by atoms with Crippen molar-refractivity contribution < 1.29 is 9.13 Å². The minimum Gasteiger partial charge on any atom is -0.438 e. The molecule has 0 saturated heterocycles. The second-order valence-corrected chi connectivity index (χ2v) is 4.70. The lowest BCUT2D eigenvalue weighted by Gasteiger charge is -2.09. The number of pyridine rings is 1. The van der Waals surface area contributed by atoms with Gasteiger partial charge in [-0.3, -0.25) is 0 Å². The normalized spacial score (nSPS) is 10.4. The van der Waals surface area contributed by atoms with Crippen molar-refractivity contribution in [1.29, 1.82) is 0 Å². The maximum atomic E-state index is 12.9. The smallest absolute Gasteiger partial charge is 0.222 e. The Labute approximate surface area is 108 Å². The van der Waals surface area contributed by atoms with Crippen LogP contribution in [0.15, 0.2) is 34.9 Å². The number of aromatic nitrogens is 1. The third-order valence-electron chi connectivity index (χ3n) is 2.34. The van der Waals surface area contributed by atoms with Crippen molar-refractivity contribution in [2.75, 3.05) is 0 Å². The third-order valence-corrected chi connectivity index (χ3v) is 2.77. The average molecular weight is 296 g/mol. The maximum Gasteiger partial charge on any atom is 0.222 e. The molecule has 1 heterocycles. The average Bonchev–Trinajstić information content (AvgIpc) is 2.25. The topological polar surface area (TPSA) is 22.1 Å². The molecule has 0 saturated carbocycles. The van der Waals surface area contributed by atoms with Gasteiger partial charge in [0.1, 0.15) is 11.6 Å². The van der Waals surface area contributed by atoms with Crippen molar-refractivity contribution in [2.45, 2.75) is 13.8 Å². The minimum absolute atomic E-state index is 0.268. The first kappa shape index (κ1) is 12.0. The summed E-state index contributed by atoms with van der Waals surface area (Å²) in [5.74, 6) is 0.877. The van der Waals surface area contributed by atoms with Crippen molar-refractivity contribution in [3.63, 3.8) is 0 Å². The molecule has 1 aromatic carbocycles. The molecule has 0 aliphatic rings. The van der Waals surface area contributed by atoms with Gasteiger partial charge in [0.25, 0.3) is 0 Å². The Bertz CT molecular complexity index is 508. The Morgan fingerprint density at radius 3 is 2.59 bits per heavy atom. The van der Waals surface area contributed by atoms with Gasteiger partial charge in [-0.15, -0.1) is 0 Å². The number of hydrogen-bond donors (Lipinski definition) is 0. The summed E-state index contributed by atoms with van der Waals surface area (Å²) in [6, 6.07) is 6.33. The van der Waals surface area contributed by atoms with Crippen LogP contribution in [-0.4, -0.2) is 4.98 Å². The molecule has 0 unspecified atom stereocenters. The summed E-state index contributed by atoms with van der Waals surface area (Å²) >= 11 is 3.34. The van der Waals surface area contributed by atoms with E-state index < -0.39 is 0 Å². The molecule has 2 aromatic rings. The van der Waals surface area contributed by atoms with Crippen LogP contribution in [0.2, 0.25) is 0 Å². The number of ether oxygens (including phenoxy) is 1. The molecule has 0 radical (unpaired) electrons. The highest BCUT2D eigenvalue weighted by atomic mass is 79.9. The van der Waals surface area contributed by atoms with Crippen LogP contribution >= 0.6 is 15.9 Å². The zero-order valence-corrected chi connectivity index (χ0v) is 11.1. The van der Waals surface area contributed by atoms with Crippen molar-refractivity contribution in [3.8, 4) is 11.6 Å². The Morgan fingerprint density at radius 1 is 1.18 bits per heavy atom. The third kappa shape index (κ3) is 2.82. The number of halogens is 2. The van der Waals surface area contributed by atoms with Gasteiger partial charge in [0.05, 0.1) is 0 Å². The van der Waals surface area contributed by atoms with E-state index in [1.807, 2.05) is 13.0 Å². The molecule has 0 fully saturated rings. The second kappa shape index (κ2) is 4.84. The van der Waals surface area contributed by atoms with E-state index in [2.05, 4.69) is 20.9 Å². The van der Waals surface area contributed by atoms with Crippen LogP contribution in [0.4, 0.5) is 4.39 Å². The molecule has 0 amide bonds. The Balaban J connectivity index is 2.31. The molecule has 0 atom stereocenters. The predicted octanol–water partition coefficient (Wildman–Crippen LogP) is 4.39. The highest BCUT2D eigenvalue weighted by Gasteiger charge is 2.06. The number of nitrogens with zero attached hydrogens (tertiary/aromatic N) is 1. The molecule has 0 aliphatic heterocycles. The van der Waals surface area contributed by atoms with E-state index in [1.165, 1.54) is 12.1 Å². The van der Waals surface area contributed by atoms with Gasteiger partial charge >= 0.3 is 0 Å². The molecule has 4 heteroatoms. The lowest BCUT2D eigenvalue weighted by Crippen LogP contribution is -1.93. The Morgan fingerprint density at radius 2 is 1.94 bits per heavy atom. The fraction of sp³-hybridized carbons (Fsp3) is 0.154. The summed E-state index contributed by atoms with van der Waals surface area (Å²) in [5, 5.41) is 0. The van der Waals surface area contributed by atoms with E-state index in [4.69, 9.17) is 4.74 Å². The van der Waals surface area contributed by atoms with E-state index in [9.17, 15) is 4.39 Å². The molecule has 2 rings (SSSR count). The van der Waals surface area contributed by atoms with Crippen molar-refractivity contribution in [2.24, 2.45) is 0 Å². The molecule has 0 N–H and O–H groups in total. The molecule has 0 bridgehead atoms. The number of hydrogen-bond acceptors (Lipinski definition) is 2. The van der Waals surface area contributed by atoms with Gasteiger partial charge in [-0.25, -0.2) is 9.37 Å². The van der Waals surface area contributed by atoms with Gasteiger partial charge in [-0.1, -0.05) is 0 Å². The monoisotopic (exact) mass is 295 g/mol. The van der Waals surface area contributed by atoms with Crippen LogP contribution in [0.5, 0.6) is 11.6 Å². The van der Waals surface area contributed by atoms with E-state index >= 15 is 0 Å². The highest BCUT2D eigenvalue weighted by molar-refractivity contribution is 9.10. The summed E-state index contributed by atoms with van der Waals surface area (Å²) in [7, 11) is 0. The van der Waals surface area contributed by atoms with Crippen molar-refractivity contribution in [1.82, 2.24) is 4.98 Å². The molecule has 0 spiro atoms. The minimum atomic E-state index is -0.268. The van der Waals surface area contributed by atoms with E-state index in [-0.39, 0.29) is 5.82 Å². The Hall–Kier alpha value is -1.42. The van der Waals surface area contributed by atoms with Gasteiger partial charge in [0, 0.05) is 16.2 Å². The SMILES string of the molecule is Cc1cc(F)ccc1Oc1ncc(Br)cc1C. The number of rotatable bonds is 2. The van der Waals surface area contributed by atoms with Crippen LogP contribution in [0.1, 0.15) is 11.1 Å². The lowest BCUT2D eigenvalue weighted by atomic mass is 10.2. The van der Waals surface area contributed by atoms with Gasteiger partial charge in [-0.05, 0) is 59.6 Å². The zero-order valence-electron chi connectivity index (χ0n) is 9.50. The lowest BCUT2D eigenvalue weighted by molar-refractivity contribution is 0.453. The summed E-state index contributed by atoms with van der Waals surface area (Å²) in [5.41, 5.74) is 1.66. The summed E-state index contributed by atoms with van der Waals surface area (Å²) in [6.07, 6.45) is 1.67. The van der Waals surface area contributed by atoms with Gasteiger partial charge < -0.3 is 4.74 Å². The summed E-state index contributed by atoms with van der Waals surface area (Å²) in [4.78, 5) is 4.17. The van der Waals surface area contributed by atoms with E-state index in [0.29, 0.717) is 11.6 Å². The molecule has 1 aromatic heterocycles. The standard InChI is InChI=1S/C13H11BrFNO/c1-8-6-11(15)3-4-12(8)17-13-9(2)5-10(14)7-16-13/h3-7H,1-2H3. The molecule has 0 aliphatic carbocycles. The van der Waals surface area contributed by atoms with Crippen molar-refractivity contribution >= 4 is 15.9 Å². The van der Waals surface area contributed by atoms with Crippen LogP contribution < -0.4 is 4.74 Å². The first-order valence-electron chi connectivity index (χ1n) is 5.12. The maximum absolute atomic E-state index is 12.9. The fourth-order valence-electron chi connectivity index (χ4n) is 1.47. The summed E-state index contributed by atoms with van der Waals surface area (Å²) < 4.78 is 19.5. The first-order chi connectivity index (χ1) is 8.06. The van der Waals surface area contributed by atoms with Crippen LogP contribution in [0, 0.1) is 19.7 Å². The van der Waals surface area contributed by atoms with Crippen LogP contribution in [0.25, 0.3) is 0 Å². The largest absolute Gasteiger partial charge is 0.438 e. The van der Waals surface area contributed by atoms with Gasteiger partial charge in [0.2, 0.25) is 5.88 Å². The molecule has 88 valence electrons. The molecule has 17 heavy (non-hydrogen) atoms. The second-order valence-electron chi connectivity index (χ2n) is 3.79. The quantitative estimate of drug-likeness (QED) is 0.820. The molecular formula is C13H11BrFNO. The van der Waals surface area contributed by atoms with Gasteiger partial charge in [0.15, 0.2) is 0 Å². The Kier molecular flexibility index (Phi) is 3.43. The van der Waals surface area contributed by atoms with Gasteiger partial charge in [-0.2, -0.15) is 0 Å². The summed E-state index contributed by atoms with van der Waals surface area (Å²) in [6.45, 7) is 3.71. The van der Waals surface area contributed by atoms with Crippen LogP contribution in [0.3, 0.4) is 0 Å². The van der Waals surface area contributed by atoms with Crippen LogP contribution in [-0.2, 0) is 0 Å².